The first kappa shape index (κ1) is 23.1. The van der Waals surface area contributed by atoms with Gasteiger partial charge in [0.15, 0.2) is 0 Å². The van der Waals surface area contributed by atoms with Gasteiger partial charge in [-0.05, 0) is 36.5 Å². The Morgan fingerprint density at radius 2 is 1.89 bits per heavy atom. The number of rotatable bonds is 10. The van der Waals surface area contributed by atoms with Gasteiger partial charge in [-0.2, -0.15) is 5.26 Å². The number of benzene rings is 1. The number of carboxylic acids is 1. The van der Waals surface area contributed by atoms with Crippen molar-refractivity contribution in [2.75, 3.05) is 6.54 Å². The molecule has 1 rings (SSSR count). The molecule has 1 amide bonds. The van der Waals surface area contributed by atoms with Gasteiger partial charge in [0.25, 0.3) is 5.91 Å². The lowest BCUT2D eigenvalue weighted by atomic mass is 10.0. The smallest absolute Gasteiger partial charge is 0.326 e. The monoisotopic (exact) mass is 408 g/mol. The molecular weight excluding hydrogens is 384 g/mol. The highest BCUT2D eigenvalue weighted by atomic mass is 32.2. The Labute approximate surface area is 164 Å². The summed E-state index contributed by atoms with van der Waals surface area (Å²) >= 11 is 0. The molecule has 5 N–H and O–H groups in total. The molecule has 0 aromatic heterocycles. The van der Waals surface area contributed by atoms with E-state index in [2.05, 4.69) is 10.6 Å². The zero-order chi connectivity index (χ0) is 21.3. The van der Waals surface area contributed by atoms with E-state index < -0.39 is 27.9 Å². The average molecular weight is 408 g/mol. The van der Waals surface area contributed by atoms with Gasteiger partial charge in [-0.25, -0.2) is 18.4 Å². The first-order chi connectivity index (χ1) is 13.0. The van der Waals surface area contributed by atoms with E-state index in [9.17, 15) is 18.0 Å². The number of primary sulfonamides is 1. The fourth-order valence-corrected chi connectivity index (χ4v) is 2.83. The van der Waals surface area contributed by atoms with Crippen LogP contribution in [-0.4, -0.2) is 38.0 Å². The van der Waals surface area contributed by atoms with Gasteiger partial charge in [-0.15, -0.1) is 0 Å². The lowest BCUT2D eigenvalue weighted by Gasteiger charge is -2.16. The van der Waals surface area contributed by atoms with Gasteiger partial charge in [-0.1, -0.05) is 26.0 Å². The van der Waals surface area contributed by atoms with Crippen LogP contribution >= 0.6 is 0 Å². The summed E-state index contributed by atoms with van der Waals surface area (Å²) in [6, 6.07) is 6.70. The minimum Gasteiger partial charge on any atom is -0.480 e. The summed E-state index contributed by atoms with van der Waals surface area (Å²) in [5.74, 6) is -1.86. The highest BCUT2D eigenvalue weighted by Gasteiger charge is 2.22. The average Bonchev–Trinajstić information content (AvgIpc) is 2.60. The summed E-state index contributed by atoms with van der Waals surface area (Å²) in [6.45, 7) is 4.04. The second-order valence-corrected chi connectivity index (χ2v) is 8.12. The van der Waals surface area contributed by atoms with Gasteiger partial charge in [-0.3, -0.25) is 4.79 Å². The van der Waals surface area contributed by atoms with Crippen molar-refractivity contribution in [3.05, 3.63) is 41.6 Å². The first-order valence-electron chi connectivity index (χ1n) is 8.53. The number of nitrogens with two attached hydrogens (primary N) is 1. The second-order valence-electron chi connectivity index (χ2n) is 6.56. The Bertz CT molecular complexity index is 870. The maximum Gasteiger partial charge on any atom is 0.326 e. The molecule has 1 atom stereocenters. The third-order valence-electron chi connectivity index (χ3n) is 3.73. The maximum absolute atomic E-state index is 12.1. The minimum atomic E-state index is -3.74. The fraction of sp³-hybridized carbons (Fsp3) is 0.389. The number of amides is 1. The molecule has 0 aliphatic heterocycles. The molecule has 0 saturated heterocycles. The van der Waals surface area contributed by atoms with Gasteiger partial charge in [0.2, 0.25) is 10.0 Å². The van der Waals surface area contributed by atoms with Crippen LogP contribution in [0.2, 0.25) is 0 Å². The SMILES string of the molecule is CC(C)CC(NC(=O)/C(C#N)=C\NCCc1ccc(S(N)(=O)=O)cc1)C(=O)O. The Morgan fingerprint density at radius 1 is 1.29 bits per heavy atom. The van der Waals surface area contributed by atoms with E-state index >= 15 is 0 Å². The quantitative estimate of drug-likeness (QED) is 0.249. The molecule has 1 aromatic carbocycles. The number of hydrogen-bond donors (Lipinski definition) is 4. The lowest BCUT2D eigenvalue weighted by molar-refractivity contribution is -0.141. The maximum atomic E-state index is 12.1. The van der Waals surface area contributed by atoms with Crippen LogP contribution in [0.1, 0.15) is 25.8 Å². The van der Waals surface area contributed by atoms with Crippen LogP contribution < -0.4 is 15.8 Å². The summed E-state index contributed by atoms with van der Waals surface area (Å²) in [4.78, 5) is 23.3. The Morgan fingerprint density at radius 3 is 2.36 bits per heavy atom. The van der Waals surface area contributed by atoms with Crippen molar-refractivity contribution in [1.82, 2.24) is 10.6 Å². The molecule has 0 fully saturated rings. The highest BCUT2D eigenvalue weighted by Crippen LogP contribution is 2.09. The van der Waals surface area contributed by atoms with Crippen molar-refractivity contribution in [2.45, 2.75) is 37.6 Å². The van der Waals surface area contributed by atoms with Crippen LogP contribution in [0.3, 0.4) is 0 Å². The topological polar surface area (TPSA) is 162 Å². The van der Waals surface area contributed by atoms with Crippen LogP contribution in [0, 0.1) is 17.2 Å². The van der Waals surface area contributed by atoms with E-state index in [1.54, 1.807) is 18.2 Å². The fourth-order valence-electron chi connectivity index (χ4n) is 2.31. The van der Waals surface area contributed by atoms with Gasteiger partial charge in [0.05, 0.1) is 4.90 Å². The van der Waals surface area contributed by atoms with Crippen LogP contribution in [0.4, 0.5) is 0 Å². The summed E-state index contributed by atoms with van der Waals surface area (Å²) in [6.07, 6.45) is 1.98. The normalized spacial score (nSPS) is 12.9. The molecular formula is C18H24N4O5S. The molecule has 0 radical (unpaired) electrons. The zero-order valence-corrected chi connectivity index (χ0v) is 16.5. The number of aliphatic carboxylic acids is 1. The van der Waals surface area contributed by atoms with Crippen LogP contribution in [0.5, 0.6) is 0 Å². The van der Waals surface area contributed by atoms with Crippen molar-refractivity contribution in [3.63, 3.8) is 0 Å². The van der Waals surface area contributed by atoms with E-state index in [1.165, 1.54) is 18.3 Å². The van der Waals surface area contributed by atoms with Crippen molar-refractivity contribution < 1.29 is 23.1 Å². The predicted molar refractivity (Wildman–Crippen MR) is 102 cm³/mol. The van der Waals surface area contributed by atoms with E-state index in [0.717, 1.165) is 5.56 Å². The highest BCUT2D eigenvalue weighted by molar-refractivity contribution is 7.89. The molecule has 0 aliphatic rings. The molecule has 28 heavy (non-hydrogen) atoms. The van der Waals surface area contributed by atoms with E-state index in [1.807, 2.05) is 13.8 Å². The van der Waals surface area contributed by atoms with Crippen LogP contribution in [0.15, 0.2) is 40.9 Å². The van der Waals surface area contributed by atoms with Crippen LogP contribution in [0.25, 0.3) is 0 Å². The van der Waals surface area contributed by atoms with Gasteiger partial charge >= 0.3 is 5.97 Å². The largest absolute Gasteiger partial charge is 0.480 e. The number of nitrogens with one attached hydrogen (secondary N) is 2. The minimum absolute atomic E-state index is 0.0157. The van der Waals surface area contributed by atoms with Crippen molar-refractivity contribution in [3.8, 4) is 6.07 Å². The molecule has 10 heteroatoms. The van der Waals surface area contributed by atoms with Crippen molar-refractivity contribution >= 4 is 21.9 Å². The number of carboxylic acid groups (broad SMARTS) is 1. The van der Waals surface area contributed by atoms with Crippen molar-refractivity contribution in [2.24, 2.45) is 11.1 Å². The number of hydrogen-bond acceptors (Lipinski definition) is 6. The zero-order valence-electron chi connectivity index (χ0n) is 15.7. The summed E-state index contributed by atoms with van der Waals surface area (Å²) in [5.41, 5.74) is 0.596. The molecule has 152 valence electrons. The van der Waals surface area contributed by atoms with Gasteiger partial charge < -0.3 is 15.7 Å². The van der Waals surface area contributed by atoms with Gasteiger partial charge in [0.1, 0.15) is 17.7 Å². The molecule has 0 saturated carbocycles. The standard InChI is InChI=1S/C18H24N4O5S/c1-12(2)9-16(18(24)25)22-17(23)14(10-19)11-21-8-7-13-3-5-15(6-4-13)28(20,26)27/h3-6,11-12,16,21H,7-9H2,1-2H3,(H,22,23)(H,24,25)(H2,20,26,27)/b14-11-. The Balaban J connectivity index is 2.62. The molecule has 1 aromatic rings. The molecule has 1 unspecified atom stereocenters. The summed E-state index contributed by atoms with van der Waals surface area (Å²) < 4.78 is 22.4. The van der Waals surface area contributed by atoms with E-state index in [4.69, 9.17) is 15.5 Å². The summed E-state index contributed by atoms with van der Waals surface area (Å²) in [5, 5.41) is 28.5. The molecule has 0 heterocycles. The molecule has 0 bridgehead atoms. The molecule has 0 aliphatic carbocycles. The number of nitriles is 1. The Kier molecular flexibility index (Phi) is 8.63. The third kappa shape index (κ3) is 7.77. The first-order valence-corrected chi connectivity index (χ1v) is 10.1. The predicted octanol–water partition coefficient (Wildman–Crippen LogP) is 0.489. The van der Waals surface area contributed by atoms with E-state index in [0.29, 0.717) is 13.0 Å². The number of sulfonamides is 1. The number of nitrogens with zero attached hydrogens (tertiary/aromatic N) is 1. The second kappa shape index (κ2) is 10.4. The number of carbonyl (C=O) groups excluding carboxylic acids is 1. The number of carbonyl (C=O) groups is 2. The van der Waals surface area contributed by atoms with Crippen molar-refractivity contribution in [1.29, 1.82) is 5.26 Å². The molecule has 9 nitrogen and oxygen atoms in total. The van der Waals surface area contributed by atoms with E-state index in [-0.39, 0.29) is 22.8 Å². The molecule has 0 spiro atoms. The summed E-state index contributed by atoms with van der Waals surface area (Å²) in [7, 11) is -3.74. The van der Waals surface area contributed by atoms with Crippen LogP contribution in [-0.2, 0) is 26.0 Å². The van der Waals surface area contributed by atoms with Gasteiger partial charge in [0, 0.05) is 12.7 Å². The Hall–Kier alpha value is -2.90. The third-order valence-corrected chi connectivity index (χ3v) is 4.66. The lowest BCUT2D eigenvalue weighted by Crippen LogP contribution is -2.42.